The number of piperazine rings is 1. The van der Waals surface area contributed by atoms with Gasteiger partial charge in [-0.1, -0.05) is 6.07 Å². The van der Waals surface area contributed by atoms with Crippen LogP contribution >= 0.6 is 0 Å². The highest BCUT2D eigenvalue weighted by atomic mass is 32.2. The zero-order valence-corrected chi connectivity index (χ0v) is 15.6. The topological polar surface area (TPSA) is 84.7 Å². The molecule has 0 bridgehead atoms. The lowest BCUT2D eigenvalue weighted by Gasteiger charge is -2.34. The molecule has 1 fully saturated rings. The maximum Gasteiger partial charge on any atom is 0.354 e. The van der Waals surface area contributed by atoms with Gasteiger partial charge in [-0.25, -0.2) is 18.2 Å². The molecule has 1 aliphatic heterocycles. The van der Waals surface area contributed by atoms with E-state index in [0.29, 0.717) is 26.2 Å². The largest absolute Gasteiger partial charge is 0.461 e. The zero-order chi connectivity index (χ0) is 18.7. The summed E-state index contributed by atoms with van der Waals surface area (Å²) in [5.74, 6) is 0.310. The maximum atomic E-state index is 12.9. The summed E-state index contributed by atoms with van der Waals surface area (Å²) in [5.41, 5.74) is 0.220. The van der Waals surface area contributed by atoms with E-state index in [0.717, 1.165) is 5.82 Å². The Bertz CT molecular complexity index is 871. The molecule has 0 saturated carbocycles. The second-order valence-electron chi connectivity index (χ2n) is 5.97. The minimum Gasteiger partial charge on any atom is -0.461 e. The number of rotatable bonds is 5. The van der Waals surface area contributed by atoms with Crippen LogP contribution in [0.4, 0.5) is 5.82 Å². The molecule has 0 spiro atoms. The zero-order valence-electron chi connectivity index (χ0n) is 14.8. The first-order valence-electron chi connectivity index (χ1n) is 8.43. The number of hydrogen-bond acceptors (Lipinski definition) is 6. The minimum atomic E-state index is -3.66. The fraction of sp³-hybridized carbons (Fsp3) is 0.412. The van der Waals surface area contributed by atoms with Gasteiger partial charge < -0.3 is 14.2 Å². The average Bonchev–Trinajstić information content (AvgIpc) is 3.05. The summed E-state index contributed by atoms with van der Waals surface area (Å²) < 4.78 is 33.7. The molecule has 0 N–H and O–H groups in total. The first-order valence-corrected chi connectivity index (χ1v) is 9.87. The molecule has 0 unspecified atom stereocenters. The van der Waals surface area contributed by atoms with Crippen LogP contribution in [0.5, 0.6) is 0 Å². The monoisotopic (exact) mass is 378 g/mol. The van der Waals surface area contributed by atoms with E-state index >= 15 is 0 Å². The van der Waals surface area contributed by atoms with Crippen LogP contribution in [0, 0.1) is 0 Å². The Kier molecular flexibility index (Phi) is 5.28. The van der Waals surface area contributed by atoms with Crippen molar-refractivity contribution < 1.29 is 17.9 Å². The van der Waals surface area contributed by atoms with Gasteiger partial charge in [0, 0.05) is 45.6 Å². The van der Waals surface area contributed by atoms with Gasteiger partial charge in [0.15, 0.2) is 0 Å². The Morgan fingerprint density at radius 2 is 1.96 bits per heavy atom. The summed E-state index contributed by atoms with van der Waals surface area (Å²) >= 11 is 0. The van der Waals surface area contributed by atoms with Crippen LogP contribution in [0.1, 0.15) is 17.4 Å². The van der Waals surface area contributed by atoms with Crippen molar-refractivity contribution in [3.05, 3.63) is 42.4 Å². The van der Waals surface area contributed by atoms with Gasteiger partial charge in [0.2, 0.25) is 10.0 Å². The molecule has 0 radical (unpaired) electrons. The van der Waals surface area contributed by atoms with Crippen LogP contribution in [0.3, 0.4) is 0 Å². The third-order valence-electron chi connectivity index (χ3n) is 4.31. The van der Waals surface area contributed by atoms with Crippen LogP contribution in [-0.2, 0) is 21.8 Å². The van der Waals surface area contributed by atoms with E-state index in [-0.39, 0.29) is 17.2 Å². The standard InChI is InChI=1S/C17H22N4O4S/c1-3-25-17(22)15-12-14(13-19(15)2)26(23,24)21-10-8-20(9-11-21)16-6-4-5-7-18-16/h4-7,12-13H,3,8-11H2,1-2H3. The normalized spacial score (nSPS) is 15.8. The van der Waals surface area contributed by atoms with Gasteiger partial charge in [-0.3, -0.25) is 0 Å². The van der Waals surface area contributed by atoms with Crippen LogP contribution in [0.2, 0.25) is 0 Å². The molecule has 0 amide bonds. The summed E-state index contributed by atoms with van der Waals surface area (Å²) in [6, 6.07) is 7.04. The first-order chi connectivity index (χ1) is 12.4. The SMILES string of the molecule is CCOC(=O)c1cc(S(=O)(=O)N2CCN(c3ccccn3)CC2)cn1C. The average molecular weight is 378 g/mol. The minimum absolute atomic E-state index is 0.106. The first kappa shape index (κ1) is 18.4. The Labute approximate surface area is 153 Å². The van der Waals surface area contributed by atoms with Crippen molar-refractivity contribution in [3.8, 4) is 0 Å². The van der Waals surface area contributed by atoms with E-state index < -0.39 is 16.0 Å². The lowest BCUT2D eigenvalue weighted by molar-refractivity contribution is 0.0515. The number of hydrogen-bond donors (Lipinski definition) is 0. The van der Waals surface area contributed by atoms with E-state index in [2.05, 4.69) is 9.88 Å². The van der Waals surface area contributed by atoms with Crippen molar-refractivity contribution in [1.29, 1.82) is 0 Å². The number of carbonyl (C=O) groups is 1. The number of sulfonamides is 1. The van der Waals surface area contributed by atoms with E-state index in [1.807, 2.05) is 18.2 Å². The van der Waals surface area contributed by atoms with Gasteiger partial charge in [-0.15, -0.1) is 0 Å². The number of carbonyl (C=O) groups excluding carboxylic acids is 1. The highest BCUT2D eigenvalue weighted by molar-refractivity contribution is 7.89. The maximum absolute atomic E-state index is 12.9. The summed E-state index contributed by atoms with van der Waals surface area (Å²) in [6.45, 7) is 3.80. The van der Waals surface area contributed by atoms with Gasteiger partial charge in [0.05, 0.1) is 6.61 Å². The van der Waals surface area contributed by atoms with Crippen LogP contribution in [0.15, 0.2) is 41.6 Å². The Morgan fingerprint density at radius 3 is 2.58 bits per heavy atom. The molecule has 26 heavy (non-hydrogen) atoms. The predicted octanol–water partition coefficient (Wildman–Crippen LogP) is 1.11. The number of anilines is 1. The van der Waals surface area contributed by atoms with Crippen LogP contribution in [-0.4, -0.2) is 61.0 Å². The fourth-order valence-corrected chi connectivity index (χ4v) is 4.42. The van der Waals surface area contributed by atoms with Crippen molar-refractivity contribution in [1.82, 2.24) is 13.9 Å². The Balaban J connectivity index is 1.74. The number of nitrogens with zero attached hydrogens (tertiary/aromatic N) is 4. The number of esters is 1. The predicted molar refractivity (Wildman–Crippen MR) is 96.6 cm³/mol. The van der Waals surface area contributed by atoms with Crippen molar-refractivity contribution in [2.75, 3.05) is 37.7 Å². The van der Waals surface area contributed by atoms with Gasteiger partial charge >= 0.3 is 5.97 Å². The Morgan fingerprint density at radius 1 is 1.23 bits per heavy atom. The highest BCUT2D eigenvalue weighted by Crippen LogP contribution is 2.22. The molecule has 140 valence electrons. The highest BCUT2D eigenvalue weighted by Gasteiger charge is 2.31. The molecule has 0 aromatic carbocycles. The lowest BCUT2D eigenvalue weighted by Crippen LogP contribution is -2.48. The second kappa shape index (κ2) is 7.46. The van der Waals surface area contributed by atoms with E-state index in [1.165, 1.54) is 21.1 Å². The summed E-state index contributed by atoms with van der Waals surface area (Å²) in [4.78, 5) is 18.4. The molecular formula is C17H22N4O4S. The van der Waals surface area contributed by atoms with Crippen LogP contribution < -0.4 is 4.90 Å². The molecule has 9 heteroatoms. The van der Waals surface area contributed by atoms with E-state index in [4.69, 9.17) is 4.74 Å². The number of aryl methyl sites for hydroxylation is 1. The molecule has 2 aromatic rings. The van der Waals surface area contributed by atoms with Crippen molar-refractivity contribution >= 4 is 21.8 Å². The molecule has 1 aliphatic rings. The van der Waals surface area contributed by atoms with Gasteiger partial charge in [0.25, 0.3) is 0 Å². The van der Waals surface area contributed by atoms with Crippen molar-refractivity contribution in [3.63, 3.8) is 0 Å². The van der Waals surface area contributed by atoms with Gasteiger partial charge in [-0.2, -0.15) is 4.31 Å². The number of aromatic nitrogens is 2. The molecule has 2 aromatic heterocycles. The van der Waals surface area contributed by atoms with Crippen LogP contribution in [0.25, 0.3) is 0 Å². The lowest BCUT2D eigenvalue weighted by atomic mass is 10.3. The summed E-state index contributed by atoms with van der Waals surface area (Å²) in [7, 11) is -2.03. The van der Waals surface area contributed by atoms with E-state index in [1.54, 1.807) is 20.2 Å². The molecular weight excluding hydrogens is 356 g/mol. The Hall–Kier alpha value is -2.39. The van der Waals surface area contributed by atoms with Crippen molar-refractivity contribution in [2.45, 2.75) is 11.8 Å². The third-order valence-corrected chi connectivity index (χ3v) is 6.18. The van der Waals surface area contributed by atoms with Crippen molar-refractivity contribution in [2.24, 2.45) is 7.05 Å². The summed E-state index contributed by atoms with van der Waals surface area (Å²) in [6.07, 6.45) is 3.17. The molecule has 1 saturated heterocycles. The van der Waals surface area contributed by atoms with Gasteiger partial charge in [0.1, 0.15) is 16.4 Å². The van der Waals surface area contributed by atoms with E-state index in [9.17, 15) is 13.2 Å². The number of pyridine rings is 1. The molecule has 0 aliphatic carbocycles. The second-order valence-corrected chi connectivity index (χ2v) is 7.91. The van der Waals surface area contributed by atoms with Gasteiger partial charge in [-0.05, 0) is 25.1 Å². The quantitative estimate of drug-likeness (QED) is 0.725. The number of ether oxygens (including phenoxy) is 1. The molecule has 3 heterocycles. The molecule has 8 nitrogen and oxygen atoms in total. The molecule has 0 atom stereocenters. The molecule has 3 rings (SSSR count). The smallest absolute Gasteiger partial charge is 0.354 e. The third kappa shape index (κ3) is 3.58. The fourth-order valence-electron chi connectivity index (χ4n) is 2.93. The summed E-state index contributed by atoms with van der Waals surface area (Å²) in [5, 5.41) is 0.